The van der Waals surface area contributed by atoms with Crippen LogP contribution in [0.15, 0.2) is 0 Å². The minimum absolute atomic E-state index is 0. The first-order chi connectivity index (χ1) is 29.0. The fraction of sp³-hybridized carbons (Fsp3) is 0.826. The molecule has 0 aromatic rings. The second kappa shape index (κ2) is 73.4. The summed E-state index contributed by atoms with van der Waals surface area (Å²) in [7, 11) is 0. The molecule has 0 bridgehead atoms. The van der Waals surface area contributed by atoms with E-state index in [4.69, 9.17) is 78.7 Å². The lowest BCUT2D eigenvalue weighted by atomic mass is 10.5. The number of aliphatic carboxylic acids is 8. The van der Waals surface area contributed by atoms with E-state index in [1.807, 2.05) is 0 Å². The van der Waals surface area contributed by atoms with Crippen molar-refractivity contribution in [3.8, 4) is 0 Å². The van der Waals surface area contributed by atoms with Crippen LogP contribution in [0.1, 0.15) is 155 Å². The Bertz CT molecular complexity index is 890. The molecule has 0 aliphatic rings. The van der Waals surface area contributed by atoms with Gasteiger partial charge in [0.15, 0.2) is 0 Å². The van der Waals surface area contributed by atoms with Gasteiger partial charge in [-0.3, -0.25) is 0 Å². The number of rotatable bonds is 24. The fourth-order valence-corrected chi connectivity index (χ4v) is 1.90. The molecule has 0 unspecified atom stereocenters. The van der Waals surface area contributed by atoms with E-state index in [-0.39, 0.29) is 146 Å². The van der Waals surface area contributed by atoms with Crippen molar-refractivity contribution in [2.24, 2.45) is 0 Å². The minimum Gasteiger partial charge on any atom is -0.480 e. The maximum atomic E-state index is 9.78. The molecule has 0 aliphatic carbocycles. The smallest absolute Gasteiger partial charge is 0.329 e. The maximum Gasteiger partial charge on any atom is 0.329 e. The van der Waals surface area contributed by atoms with Gasteiger partial charge in [-0.15, -0.1) is 0 Å². The molecule has 0 aliphatic heterocycles. The van der Waals surface area contributed by atoms with Crippen LogP contribution in [0.5, 0.6) is 0 Å². The van der Waals surface area contributed by atoms with Crippen LogP contribution in [0.4, 0.5) is 0 Å². The molecule has 70 heavy (non-hydrogen) atoms. The number of hydrogen-bond acceptors (Lipinski definition) is 16. The van der Waals surface area contributed by atoms with Gasteiger partial charge in [-0.1, -0.05) is 44.6 Å². The summed E-state index contributed by atoms with van der Waals surface area (Å²) >= 11 is 0. The van der Waals surface area contributed by atoms with Crippen LogP contribution in [-0.2, 0) is 76.3 Å². The highest BCUT2D eigenvalue weighted by molar-refractivity contribution is 5.70. The van der Waals surface area contributed by atoms with Crippen molar-refractivity contribution in [3.63, 3.8) is 0 Å². The molecule has 0 aromatic carbocycles. The minimum atomic E-state index is -0.918. The predicted octanol–water partition coefficient (Wildman–Crippen LogP) is 7.78. The molecule has 0 saturated heterocycles. The first-order valence-corrected chi connectivity index (χ1v) is 19.7. The Morgan fingerprint density at radius 3 is 0.286 bits per heavy atom. The molecule has 432 valence electrons. The van der Waals surface area contributed by atoms with Gasteiger partial charge in [0.1, 0.15) is 52.9 Å². The highest BCUT2D eigenvalue weighted by Gasteiger charge is 2.01. The van der Waals surface area contributed by atoms with Gasteiger partial charge in [-0.2, -0.15) is 0 Å². The lowest BCUT2D eigenvalue weighted by molar-refractivity contribution is -0.144. The SMILES string of the molecule is C.C.C.C.C.C.CC(C)OCC(=O)O.CC(C)OCC(=O)O.CC(C)OCC(=O)O.CC(C)OCC(=O)O.CC(C)OCC(=O)O.CC(C)OCC(=O)O.CC(C)OCC(=O)O.CC(C)OCC(=O)O. The standard InChI is InChI=1S/8C5H10O3.6CH4/c8*1-4(2)8-3-5(6)7;;;;;;/h8*4H,3H2,1-2H3,(H,6,7);6*1H4. The molecule has 24 heteroatoms. The Kier molecular flexibility index (Phi) is 108. The van der Waals surface area contributed by atoms with Gasteiger partial charge in [-0.05, 0) is 111 Å². The number of carboxylic acid groups (broad SMARTS) is 8. The van der Waals surface area contributed by atoms with E-state index in [9.17, 15) is 38.4 Å². The van der Waals surface area contributed by atoms with Gasteiger partial charge in [0.05, 0.1) is 48.8 Å². The zero-order valence-corrected chi connectivity index (χ0v) is 40.4. The zero-order valence-electron chi connectivity index (χ0n) is 40.4. The van der Waals surface area contributed by atoms with Gasteiger partial charge in [-0.25, -0.2) is 38.4 Å². The van der Waals surface area contributed by atoms with E-state index in [1.54, 1.807) is 111 Å². The summed E-state index contributed by atoms with van der Waals surface area (Å²) in [5.74, 6) is -7.34. The number of carbonyl (C=O) groups is 8. The van der Waals surface area contributed by atoms with Crippen LogP contribution in [0, 0.1) is 0 Å². The van der Waals surface area contributed by atoms with Crippen molar-refractivity contribution in [2.45, 2.75) is 204 Å². The molecule has 0 saturated carbocycles. The summed E-state index contributed by atoms with van der Waals surface area (Å²) < 4.78 is 37.6. The Balaban J connectivity index is -0.0000000422. The average molecular weight is 1040 g/mol. The van der Waals surface area contributed by atoms with Gasteiger partial charge in [0.2, 0.25) is 0 Å². The second-order valence-corrected chi connectivity index (χ2v) is 14.0. The summed E-state index contributed by atoms with van der Waals surface area (Å²) in [6.45, 7) is 27.1. The summed E-state index contributed by atoms with van der Waals surface area (Å²) in [5, 5.41) is 64.3. The van der Waals surface area contributed by atoms with Gasteiger partial charge >= 0.3 is 47.8 Å². The molecule has 24 nitrogen and oxygen atoms in total. The van der Waals surface area contributed by atoms with Crippen LogP contribution in [-0.4, -0.2) is 190 Å². The van der Waals surface area contributed by atoms with Crippen molar-refractivity contribution in [2.75, 3.05) is 52.9 Å². The van der Waals surface area contributed by atoms with Gasteiger partial charge in [0.25, 0.3) is 0 Å². The number of ether oxygens (including phenoxy) is 8. The van der Waals surface area contributed by atoms with Crippen LogP contribution >= 0.6 is 0 Å². The second-order valence-electron chi connectivity index (χ2n) is 14.0. The topological polar surface area (TPSA) is 372 Å². The van der Waals surface area contributed by atoms with Crippen molar-refractivity contribution in [1.82, 2.24) is 0 Å². The normalized spacial score (nSPS) is 9.03. The summed E-state index contributed by atoms with van der Waals surface area (Å²) in [4.78, 5) is 78.2. The van der Waals surface area contributed by atoms with Crippen LogP contribution in [0.3, 0.4) is 0 Å². The molecular formula is C46H104O24. The van der Waals surface area contributed by atoms with E-state index in [0.29, 0.717) is 0 Å². The third kappa shape index (κ3) is 197. The fourth-order valence-electron chi connectivity index (χ4n) is 1.90. The molecule has 0 amide bonds. The van der Waals surface area contributed by atoms with E-state index in [2.05, 4.69) is 0 Å². The monoisotopic (exact) mass is 1040 g/mol. The van der Waals surface area contributed by atoms with Crippen LogP contribution in [0.25, 0.3) is 0 Å². The molecule has 0 fully saturated rings. The highest BCUT2D eigenvalue weighted by Crippen LogP contribution is 1.89. The molecule has 0 atom stereocenters. The van der Waals surface area contributed by atoms with Crippen molar-refractivity contribution in [3.05, 3.63) is 0 Å². The molecule has 8 N–H and O–H groups in total. The van der Waals surface area contributed by atoms with E-state index in [0.717, 1.165) is 0 Å². The average Bonchev–Trinajstić information content (AvgIpc) is 3.13. The van der Waals surface area contributed by atoms with Crippen molar-refractivity contribution in [1.29, 1.82) is 0 Å². The van der Waals surface area contributed by atoms with E-state index < -0.39 is 47.8 Å². The Morgan fingerprint density at radius 2 is 0.271 bits per heavy atom. The summed E-state index contributed by atoms with van der Waals surface area (Å²) in [6.07, 6.45) is 0.0452. The third-order valence-electron chi connectivity index (χ3n) is 4.32. The van der Waals surface area contributed by atoms with Gasteiger partial charge < -0.3 is 78.7 Å². The predicted molar refractivity (Wildman–Crippen MR) is 270 cm³/mol. The Hall–Kier alpha value is -4.56. The molecule has 0 aromatic heterocycles. The number of carboxylic acids is 8. The Morgan fingerprint density at radius 1 is 0.214 bits per heavy atom. The van der Waals surface area contributed by atoms with Crippen LogP contribution in [0.2, 0.25) is 0 Å². The summed E-state index contributed by atoms with van der Waals surface area (Å²) in [5.41, 5.74) is 0. The third-order valence-corrected chi connectivity index (χ3v) is 4.32. The first kappa shape index (κ1) is 103. The number of hydrogen-bond donors (Lipinski definition) is 8. The largest absolute Gasteiger partial charge is 0.480 e. The van der Waals surface area contributed by atoms with Gasteiger partial charge in [0, 0.05) is 0 Å². The molecule has 0 rings (SSSR count). The Labute approximate surface area is 421 Å². The van der Waals surface area contributed by atoms with Crippen molar-refractivity contribution >= 4 is 47.8 Å². The van der Waals surface area contributed by atoms with E-state index in [1.165, 1.54) is 0 Å². The maximum absolute atomic E-state index is 9.78. The zero-order chi connectivity index (χ0) is 52.6. The molecule has 0 spiro atoms. The molecular weight excluding hydrogens is 936 g/mol. The van der Waals surface area contributed by atoms with E-state index >= 15 is 0 Å². The van der Waals surface area contributed by atoms with Crippen LogP contribution < -0.4 is 0 Å². The molecule has 0 radical (unpaired) electrons. The lowest BCUT2D eigenvalue weighted by Crippen LogP contribution is -2.11. The van der Waals surface area contributed by atoms with Crippen molar-refractivity contribution < 1.29 is 117 Å². The summed E-state index contributed by atoms with van der Waals surface area (Å²) in [6, 6.07) is 0. The molecule has 0 heterocycles. The first-order valence-electron chi connectivity index (χ1n) is 19.7. The quantitative estimate of drug-likeness (QED) is 0.0457. The highest BCUT2D eigenvalue weighted by atomic mass is 16.5. The lowest BCUT2D eigenvalue weighted by Gasteiger charge is -2.01.